The molecule has 1 rings (SSSR count). The zero-order chi connectivity index (χ0) is 17.5. The molecular formula is C15H23FN4O3. The summed E-state index contributed by atoms with van der Waals surface area (Å²) in [5, 5.41) is 9.15. The Morgan fingerprint density at radius 2 is 2.09 bits per heavy atom. The molecule has 0 fully saturated rings. The van der Waals surface area contributed by atoms with E-state index in [2.05, 4.69) is 15.7 Å². The number of halogens is 1. The van der Waals surface area contributed by atoms with E-state index in [9.17, 15) is 14.0 Å². The number of ether oxygens (including phenoxy) is 1. The predicted octanol–water partition coefficient (Wildman–Crippen LogP) is 2.01. The Bertz CT molecular complexity index is 576. The fourth-order valence-electron chi connectivity index (χ4n) is 1.66. The van der Waals surface area contributed by atoms with Crippen molar-refractivity contribution in [2.24, 2.45) is 0 Å². The van der Waals surface area contributed by atoms with E-state index in [4.69, 9.17) is 4.74 Å². The molecule has 1 aromatic heterocycles. The molecular weight excluding hydrogens is 303 g/mol. The Morgan fingerprint density at radius 1 is 1.39 bits per heavy atom. The van der Waals surface area contributed by atoms with Crippen molar-refractivity contribution >= 4 is 12.0 Å². The van der Waals surface area contributed by atoms with E-state index in [1.54, 1.807) is 40.0 Å². The highest BCUT2D eigenvalue weighted by atomic mass is 19.1. The summed E-state index contributed by atoms with van der Waals surface area (Å²) in [6.07, 6.45) is 1.35. The van der Waals surface area contributed by atoms with Crippen molar-refractivity contribution in [3.63, 3.8) is 0 Å². The second-order valence-corrected chi connectivity index (χ2v) is 5.88. The first-order valence-corrected chi connectivity index (χ1v) is 7.31. The van der Waals surface area contributed by atoms with Crippen LogP contribution in [0.1, 0.15) is 38.2 Å². The molecule has 0 spiro atoms. The molecule has 0 unspecified atom stereocenters. The second-order valence-electron chi connectivity index (χ2n) is 5.88. The van der Waals surface area contributed by atoms with E-state index in [0.29, 0.717) is 18.4 Å². The summed E-state index contributed by atoms with van der Waals surface area (Å²) < 4.78 is 19.4. The third-order valence-corrected chi connectivity index (χ3v) is 2.59. The molecule has 0 saturated carbocycles. The Morgan fingerprint density at radius 3 is 2.65 bits per heavy atom. The molecule has 0 aliphatic carbocycles. The molecule has 7 nitrogen and oxygen atoms in total. The van der Waals surface area contributed by atoms with Crippen molar-refractivity contribution < 1.29 is 18.7 Å². The van der Waals surface area contributed by atoms with Gasteiger partial charge in [0.05, 0.1) is 12.9 Å². The van der Waals surface area contributed by atoms with Crippen LogP contribution in [0.4, 0.5) is 9.18 Å². The summed E-state index contributed by atoms with van der Waals surface area (Å²) in [7, 11) is 0. The first-order valence-electron chi connectivity index (χ1n) is 7.31. The number of carbonyl (C=O) groups excluding carboxylic acids is 2. The SMILES string of the molecule is CCNC(=O)c1ccn(C/C(=C/F)CNC(=O)OC(C)(C)C)n1. The van der Waals surface area contributed by atoms with E-state index in [0.717, 1.165) is 0 Å². The first-order chi connectivity index (χ1) is 10.7. The first kappa shape index (κ1) is 18.7. The molecule has 2 amide bonds. The lowest BCUT2D eigenvalue weighted by Gasteiger charge is -2.20. The summed E-state index contributed by atoms with van der Waals surface area (Å²) >= 11 is 0. The Kier molecular flexibility index (Phi) is 6.74. The van der Waals surface area contributed by atoms with Crippen LogP contribution in [0, 0.1) is 0 Å². The van der Waals surface area contributed by atoms with Gasteiger partial charge in [0.15, 0.2) is 0 Å². The monoisotopic (exact) mass is 326 g/mol. The summed E-state index contributed by atoms with van der Waals surface area (Å²) in [5.74, 6) is -0.288. The number of aromatic nitrogens is 2. The Hall–Kier alpha value is -2.38. The van der Waals surface area contributed by atoms with Gasteiger partial charge in [0.2, 0.25) is 0 Å². The third kappa shape index (κ3) is 6.94. The van der Waals surface area contributed by atoms with E-state index in [-0.39, 0.29) is 24.7 Å². The van der Waals surface area contributed by atoms with Crippen LogP contribution in [0.25, 0.3) is 0 Å². The minimum Gasteiger partial charge on any atom is -0.444 e. The van der Waals surface area contributed by atoms with Crippen molar-refractivity contribution in [1.82, 2.24) is 20.4 Å². The van der Waals surface area contributed by atoms with Gasteiger partial charge in [-0.25, -0.2) is 9.18 Å². The number of alkyl carbamates (subject to hydrolysis) is 1. The lowest BCUT2D eigenvalue weighted by atomic mass is 10.2. The molecule has 0 atom stereocenters. The maximum absolute atomic E-state index is 12.9. The zero-order valence-corrected chi connectivity index (χ0v) is 13.9. The van der Waals surface area contributed by atoms with Crippen LogP contribution in [-0.2, 0) is 11.3 Å². The summed E-state index contributed by atoms with van der Waals surface area (Å²) in [6.45, 7) is 7.64. The summed E-state index contributed by atoms with van der Waals surface area (Å²) in [5.41, 5.74) is -0.0701. The van der Waals surface area contributed by atoms with Crippen molar-refractivity contribution in [2.75, 3.05) is 13.1 Å². The third-order valence-electron chi connectivity index (χ3n) is 2.59. The topological polar surface area (TPSA) is 85.2 Å². The van der Waals surface area contributed by atoms with Crippen molar-refractivity contribution in [3.8, 4) is 0 Å². The fourth-order valence-corrected chi connectivity index (χ4v) is 1.66. The number of amides is 2. The number of nitrogens with zero attached hydrogens (tertiary/aromatic N) is 2. The van der Waals surface area contributed by atoms with Gasteiger partial charge in [0.25, 0.3) is 5.91 Å². The molecule has 2 N–H and O–H groups in total. The molecule has 23 heavy (non-hydrogen) atoms. The molecule has 0 aromatic carbocycles. The molecule has 0 bridgehead atoms. The lowest BCUT2D eigenvalue weighted by Crippen LogP contribution is -2.34. The highest BCUT2D eigenvalue weighted by Crippen LogP contribution is 2.07. The van der Waals surface area contributed by atoms with Gasteiger partial charge in [-0.2, -0.15) is 5.10 Å². The Labute approximate surface area is 134 Å². The maximum Gasteiger partial charge on any atom is 0.407 e. The van der Waals surface area contributed by atoms with Crippen LogP contribution < -0.4 is 10.6 Å². The predicted molar refractivity (Wildman–Crippen MR) is 83.7 cm³/mol. The summed E-state index contributed by atoms with van der Waals surface area (Å²) in [4.78, 5) is 23.2. The van der Waals surface area contributed by atoms with Gasteiger partial charge in [-0.1, -0.05) is 0 Å². The molecule has 0 saturated heterocycles. The van der Waals surface area contributed by atoms with Crippen LogP contribution in [0.5, 0.6) is 0 Å². The standard InChI is InChI=1S/C15H23FN4O3/c1-5-17-13(21)12-6-7-20(19-12)10-11(8-16)9-18-14(22)23-15(2,3)4/h6-8H,5,9-10H2,1-4H3,(H,17,21)(H,18,22)/b11-8+. The van der Waals surface area contributed by atoms with Crippen LogP contribution in [0.3, 0.4) is 0 Å². The number of hydrogen-bond acceptors (Lipinski definition) is 4. The van der Waals surface area contributed by atoms with Crippen LogP contribution >= 0.6 is 0 Å². The number of rotatable bonds is 6. The van der Waals surface area contributed by atoms with Gasteiger partial charge in [0.1, 0.15) is 11.3 Å². The van der Waals surface area contributed by atoms with Gasteiger partial charge in [-0.15, -0.1) is 0 Å². The summed E-state index contributed by atoms with van der Waals surface area (Å²) in [6, 6.07) is 1.54. The molecule has 0 aliphatic rings. The number of carbonyl (C=O) groups is 2. The normalized spacial score (nSPS) is 12.0. The van der Waals surface area contributed by atoms with Gasteiger partial charge in [-0.05, 0) is 39.3 Å². The Balaban J connectivity index is 2.54. The molecule has 0 radical (unpaired) electrons. The fraction of sp³-hybridized carbons (Fsp3) is 0.533. The molecule has 1 heterocycles. The lowest BCUT2D eigenvalue weighted by molar-refractivity contribution is 0.0532. The number of hydrogen-bond donors (Lipinski definition) is 2. The highest BCUT2D eigenvalue weighted by molar-refractivity contribution is 5.92. The minimum atomic E-state index is -0.625. The van der Waals surface area contributed by atoms with Gasteiger partial charge in [0, 0.05) is 19.3 Å². The van der Waals surface area contributed by atoms with E-state index >= 15 is 0 Å². The second kappa shape index (κ2) is 8.30. The van der Waals surface area contributed by atoms with Crippen molar-refractivity contribution in [3.05, 3.63) is 29.9 Å². The molecule has 0 aliphatic heterocycles. The average Bonchev–Trinajstić information content (AvgIpc) is 2.90. The minimum absolute atomic E-state index is 0.0121. The largest absolute Gasteiger partial charge is 0.444 e. The average molecular weight is 326 g/mol. The van der Waals surface area contributed by atoms with E-state index in [1.165, 1.54) is 4.68 Å². The highest BCUT2D eigenvalue weighted by Gasteiger charge is 2.16. The van der Waals surface area contributed by atoms with E-state index < -0.39 is 11.7 Å². The molecule has 128 valence electrons. The van der Waals surface area contributed by atoms with Crippen LogP contribution in [-0.4, -0.2) is 40.5 Å². The smallest absolute Gasteiger partial charge is 0.407 e. The number of nitrogens with one attached hydrogen (secondary N) is 2. The quantitative estimate of drug-likeness (QED) is 0.837. The van der Waals surface area contributed by atoms with Crippen molar-refractivity contribution in [1.29, 1.82) is 0 Å². The van der Waals surface area contributed by atoms with Crippen LogP contribution in [0.15, 0.2) is 24.2 Å². The maximum atomic E-state index is 12.9. The van der Waals surface area contributed by atoms with Crippen molar-refractivity contribution in [2.45, 2.75) is 39.8 Å². The van der Waals surface area contributed by atoms with E-state index in [1.807, 2.05) is 0 Å². The van der Waals surface area contributed by atoms with Gasteiger partial charge in [-0.3, -0.25) is 9.48 Å². The molecule has 1 aromatic rings. The van der Waals surface area contributed by atoms with Crippen LogP contribution in [0.2, 0.25) is 0 Å². The van der Waals surface area contributed by atoms with Gasteiger partial charge >= 0.3 is 6.09 Å². The zero-order valence-electron chi connectivity index (χ0n) is 13.9. The molecule has 8 heteroatoms. The van der Waals surface area contributed by atoms with Gasteiger partial charge < -0.3 is 15.4 Å².